The van der Waals surface area contributed by atoms with Gasteiger partial charge in [-0.1, -0.05) is 49.2 Å². The molecule has 1 saturated heterocycles. The predicted octanol–water partition coefficient (Wildman–Crippen LogP) is 4.87. The number of hydrogen-bond acceptors (Lipinski definition) is 2. The molecule has 3 heteroatoms. The molecule has 1 heterocycles. The van der Waals surface area contributed by atoms with Gasteiger partial charge in [0.25, 0.3) is 5.91 Å². The Balaban J connectivity index is 1.38. The number of carbonyl (C=O) groups excluding carboxylic acids is 1. The first-order valence-corrected chi connectivity index (χ1v) is 10.5. The molecule has 0 bridgehead atoms. The molecule has 2 aromatic carbocycles. The van der Waals surface area contributed by atoms with Crippen molar-refractivity contribution < 1.29 is 4.79 Å². The number of likely N-dealkylation sites (tertiary alicyclic amines) is 1. The summed E-state index contributed by atoms with van der Waals surface area (Å²) < 4.78 is 0. The summed E-state index contributed by atoms with van der Waals surface area (Å²) in [5, 5.41) is 3.25. The third-order valence-corrected chi connectivity index (χ3v) is 6.00. The number of aryl methyl sites for hydroxylation is 1. The monoisotopic (exact) mass is 362 g/mol. The van der Waals surface area contributed by atoms with Gasteiger partial charge in [0.2, 0.25) is 0 Å². The third kappa shape index (κ3) is 4.59. The van der Waals surface area contributed by atoms with Gasteiger partial charge in [-0.15, -0.1) is 0 Å². The van der Waals surface area contributed by atoms with Crippen LogP contribution in [-0.4, -0.2) is 23.9 Å². The second-order valence-electron chi connectivity index (χ2n) is 8.00. The Kier molecular flexibility index (Phi) is 5.88. The average Bonchev–Trinajstić information content (AvgIpc) is 2.97. The van der Waals surface area contributed by atoms with E-state index in [0.717, 1.165) is 31.4 Å². The molecular weight excluding hydrogens is 332 g/mol. The van der Waals surface area contributed by atoms with Gasteiger partial charge in [-0.3, -0.25) is 9.69 Å². The van der Waals surface area contributed by atoms with Crippen molar-refractivity contribution in [1.29, 1.82) is 0 Å². The molecule has 0 radical (unpaired) electrons. The molecule has 27 heavy (non-hydrogen) atoms. The maximum absolute atomic E-state index is 12.7. The first kappa shape index (κ1) is 18.2. The van der Waals surface area contributed by atoms with Crippen LogP contribution >= 0.6 is 0 Å². The number of carbonyl (C=O) groups is 1. The lowest BCUT2D eigenvalue weighted by Gasteiger charge is -2.26. The highest BCUT2D eigenvalue weighted by atomic mass is 16.1. The van der Waals surface area contributed by atoms with Crippen LogP contribution in [0.3, 0.4) is 0 Å². The fraction of sp³-hybridized carbons (Fsp3) is 0.458. The zero-order valence-electron chi connectivity index (χ0n) is 16.1. The van der Waals surface area contributed by atoms with E-state index in [1.807, 2.05) is 12.1 Å². The van der Waals surface area contributed by atoms with E-state index in [-0.39, 0.29) is 11.9 Å². The van der Waals surface area contributed by atoms with Crippen molar-refractivity contribution in [2.24, 2.45) is 0 Å². The van der Waals surface area contributed by atoms with E-state index in [1.54, 1.807) is 0 Å². The molecule has 0 spiro atoms. The minimum atomic E-state index is 0.0398. The van der Waals surface area contributed by atoms with E-state index in [4.69, 9.17) is 0 Å². The number of benzene rings is 2. The first-order chi connectivity index (χ1) is 13.3. The molecule has 1 N–H and O–H groups in total. The molecule has 0 saturated carbocycles. The lowest BCUT2D eigenvalue weighted by molar-refractivity contribution is 0.0932. The number of amides is 1. The summed E-state index contributed by atoms with van der Waals surface area (Å²) in [4.78, 5) is 15.3. The van der Waals surface area contributed by atoms with Crippen molar-refractivity contribution in [3.05, 3.63) is 70.8 Å². The molecule has 1 amide bonds. The van der Waals surface area contributed by atoms with E-state index in [9.17, 15) is 4.79 Å². The van der Waals surface area contributed by atoms with Crippen LogP contribution in [0.15, 0.2) is 48.5 Å². The van der Waals surface area contributed by atoms with Gasteiger partial charge < -0.3 is 5.32 Å². The van der Waals surface area contributed by atoms with Gasteiger partial charge in [-0.25, -0.2) is 0 Å². The Bertz CT molecular complexity index is 760. The maximum atomic E-state index is 12.7. The molecule has 1 aliphatic carbocycles. The third-order valence-electron chi connectivity index (χ3n) is 6.00. The molecule has 2 aromatic rings. The van der Waals surface area contributed by atoms with Crippen molar-refractivity contribution in [3.8, 4) is 0 Å². The van der Waals surface area contributed by atoms with E-state index in [2.05, 4.69) is 46.6 Å². The van der Waals surface area contributed by atoms with Crippen molar-refractivity contribution in [3.63, 3.8) is 0 Å². The summed E-state index contributed by atoms with van der Waals surface area (Å²) in [5.41, 5.74) is 4.73. The summed E-state index contributed by atoms with van der Waals surface area (Å²) in [6.07, 6.45) is 8.62. The van der Waals surface area contributed by atoms with Crippen LogP contribution < -0.4 is 5.32 Å². The molecule has 4 rings (SSSR count). The van der Waals surface area contributed by atoms with Crippen LogP contribution in [0.2, 0.25) is 0 Å². The largest absolute Gasteiger partial charge is 0.345 e. The number of nitrogens with one attached hydrogen (secondary N) is 1. The average molecular weight is 363 g/mol. The zero-order chi connectivity index (χ0) is 18.5. The van der Waals surface area contributed by atoms with E-state index in [0.29, 0.717) is 0 Å². The molecular formula is C24H30N2O. The smallest absolute Gasteiger partial charge is 0.251 e. The summed E-state index contributed by atoms with van der Waals surface area (Å²) in [6, 6.07) is 16.8. The maximum Gasteiger partial charge on any atom is 0.251 e. The number of hydrogen-bond donors (Lipinski definition) is 1. The molecule has 142 valence electrons. The number of nitrogens with zero attached hydrogens (tertiary/aromatic N) is 1. The highest BCUT2D eigenvalue weighted by Crippen LogP contribution is 2.29. The molecule has 2 aliphatic rings. The van der Waals surface area contributed by atoms with Crippen LogP contribution in [0, 0.1) is 0 Å². The standard InChI is InChI=1S/C24H30N2O/c27-24(25-23-11-7-9-20-8-3-4-10-22(20)23)21-14-12-19(13-15-21)18-26-16-5-1-2-6-17-26/h3-4,8,10,12-15,23H,1-2,5-7,9,11,16-18H2,(H,25,27). The van der Waals surface area contributed by atoms with Crippen molar-refractivity contribution in [1.82, 2.24) is 10.2 Å². The molecule has 3 nitrogen and oxygen atoms in total. The first-order valence-electron chi connectivity index (χ1n) is 10.5. The molecule has 0 aromatic heterocycles. The second kappa shape index (κ2) is 8.71. The topological polar surface area (TPSA) is 32.3 Å². The Hall–Kier alpha value is -2.13. The van der Waals surface area contributed by atoms with E-state index in [1.165, 1.54) is 55.5 Å². The van der Waals surface area contributed by atoms with Gasteiger partial charge in [-0.05, 0) is 74.0 Å². The van der Waals surface area contributed by atoms with Gasteiger partial charge >= 0.3 is 0 Å². The summed E-state index contributed by atoms with van der Waals surface area (Å²) >= 11 is 0. The quantitative estimate of drug-likeness (QED) is 0.841. The lowest BCUT2D eigenvalue weighted by atomic mass is 9.87. The van der Waals surface area contributed by atoms with Crippen LogP contribution in [0.1, 0.15) is 71.6 Å². The van der Waals surface area contributed by atoms with Gasteiger partial charge in [-0.2, -0.15) is 0 Å². The van der Waals surface area contributed by atoms with Crippen molar-refractivity contribution >= 4 is 5.91 Å². The van der Waals surface area contributed by atoms with Gasteiger partial charge in [0.1, 0.15) is 0 Å². The summed E-state index contributed by atoms with van der Waals surface area (Å²) in [7, 11) is 0. The van der Waals surface area contributed by atoms with Gasteiger partial charge in [0, 0.05) is 12.1 Å². The van der Waals surface area contributed by atoms with E-state index < -0.39 is 0 Å². The van der Waals surface area contributed by atoms with Gasteiger partial charge in [0.05, 0.1) is 6.04 Å². The Labute approximate surface area is 162 Å². The SMILES string of the molecule is O=C(NC1CCCc2ccccc21)c1ccc(CN2CCCCCC2)cc1. The molecule has 1 atom stereocenters. The number of rotatable bonds is 4. The minimum absolute atomic E-state index is 0.0398. The summed E-state index contributed by atoms with van der Waals surface area (Å²) in [6.45, 7) is 3.39. The second-order valence-corrected chi connectivity index (χ2v) is 8.00. The van der Waals surface area contributed by atoms with Crippen LogP contribution in [-0.2, 0) is 13.0 Å². The highest BCUT2D eigenvalue weighted by Gasteiger charge is 2.21. The van der Waals surface area contributed by atoms with Crippen molar-refractivity contribution in [2.45, 2.75) is 57.5 Å². The molecule has 1 aliphatic heterocycles. The zero-order valence-corrected chi connectivity index (χ0v) is 16.1. The minimum Gasteiger partial charge on any atom is -0.345 e. The number of fused-ring (bicyclic) bond motifs is 1. The molecule has 1 fully saturated rings. The fourth-order valence-electron chi connectivity index (χ4n) is 4.46. The fourth-order valence-corrected chi connectivity index (χ4v) is 4.46. The van der Waals surface area contributed by atoms with Crippen LogP contribution in [0.25, 0.3) is 0 Å². The Morgan fingerprint density at radius 2 is 1.67 bits per heavy atom. The normalized spacial score (nSPS) is 20.5. The lowest BCUT2D eigenvalue weighted by Crippen LogP contribution is -2.31. The predicted molar refractivity (Wildman–Crippen MR) is 110 cm³/mol. The highest BCUT2D eigenvalue weighted by molar-refractivity contribution is 5.94. The van der Waals surface area contributed by atoms with E-state index >= 15 is 0 Å². The Morgan fingerprint density at radius 1 is 0.926 bits per heavy atom. The van der Waals surface area contributed by atoms with Crippen LogP contribution in [0.4, 0.5) is 0 Å². The summed E-state index contributed by atoms with van der Waals surface area (Å²) in [5.74, 6) is 0.0398. The Morgan fingerprint density at radius 3 is 2.44 bits per heavy atom. The van der Waals surface area contributed by atoms with Crippen LogP contribution in [0.5, 0.6) is 0 Å². The molecule has 1 unspecified atom stereocenters. The van der Waals surface area contributed by atoms with Crippen molar-refractivity contribution in [2.75, 3.05) is 13.1 Å². The van der Waals surface area contributed by atoms with Gasteiger partial charge in [0.15, 0.2) is 0 Å².